The predicted octanol–water partition coefficient (Wildman–Crippen LogP) is 2.82. The molecule has 0 aromatic carbocycles. The normalized spacial score (nSPS) is 33.9. The highest BCUT2D eigenvalue weighted by atomic mass is 16.5. The maximum Gasteiger partial charge on any atom is 0.0703 e. The fourth-order valence-electron chi connectivity index (χ4n) is 3.12. The monoisotopic (exact) mass is 223 g/mol. The van der Waals surface area contributed by atoms with Crippen LogP contribution in [0.5, 0.6) is 0 Å². The second-order valence-corrected chi connectivity index (χ2v) is 6.08. The van der Waals surface area contributed by atoms with E-state index in [9.17, 15) is 0 Å². The molecule has 1 aliphatic heterocycles. The highest BCUT2D eigenvalue weighted by Crippen LogP contribution is 2.67. The molecule has 0 aromatic heterocycles. The standard InChI is InChI=1S/C14H25NO/c1-2-12(11-15-8-4-3-5-9-15)16-13-10-14(13)6-7-14/h12-13H,2-11H2,1H3. The summed E-state index contributed by atoms with van der Waals surface area (Å²) in [5.74, 6) is 0. The van der Waals surface area contributed by atoms with E-state index in [4.69, 9.17) is 4.74 Å². The summed E-state index contributed by atoms with van der Waals surface area (Å²) < 4.78 is 6.25. The Balaban J connectivity index is 1.43. The summed E-state index contributed by atoms with van der Waals surface area (Å²) in [6.07, 6.45) is 10.8. The molecule has 2 aliphatic carbocycles. The first kappa shape index (κ1) is 11.0. The van der Waals surface area contributed by atoms with Crippen LogP contribution in [0.15, 0.2) is 0 Å². The molecule has 3 rings (SSSR count). The van der Waals surface area contributed by atoms with Crippen LogP contribution in [-0.4, -0.2) is 36.7 Å². The fraction of sp³-hybridized carbons (Fsp3) is 1.00. The van der Waals surface area contributed by atoms with Crippen LogP contribution >= 0.6 is 0 Å². The second-order valence-electron chi connectivity index (χ2n) is 6.08. The third kappa shape index (κ3) is 2.28. The molecule has 2 unspecified atom stereocenters. The first-order valence-electron chi connectivity index (χ1n) is 7.20. The Morgan fingerprint density at radius 1 is 1.25 bits per heavy atom. The predicted molar refractivity (Wildman–Crippen MR) is 65.5 cm³/mol. The average molecular weight is 223 g/mol. The summed E-state index contributed by atoms with van der Waals surface area (Å²) in [5, 5.41) is 0. The van der Waals surface area contributed by atoms with E-state index >= 15 is 0 Å². The zero-order chi connectivity index (χ0) is 11.0. The lowest BCUT2D eigenvalue weighted by Crippen LogP contribution is -2.37. The number of hydrogen-bond acceptors (Lipinski definition) is 2. The van der Waals surface area contributed by atoms with E-state index < -0.39 is 0 Å². The number of piperidine rings is 1. The lowest BCUT2D eigenvalue weighted by Gasteiger charge is -2.30. The van der Waals surface area contributed by atoms with E-state index in [2.05, 4.69) is 11.8 Å². The first-order chi connectivity index (χ1) is 7.82. The van der Waals surface area contributed by atoms with Crippen molar-refractivity contribution in [2.75, 3.05) is 19.6 Å². The highest BCUT2D eigenvalue weighted by Gasteiger charge is 2.64. The van der Waals surface area contributed by atoms with Gasteiger partial charge in [-0.05, 0) is 57.0 Å². The Labute approximate surface area is 99.3 Å². The van der Waals surface area contributed by atoms with Crippen LogP contribution in [0, 0.1) is 5.41 Å². The Hall–Kier alpha value is -0.0800. The number of ether oxygens (including phenoxy) is 1. The van der Waals surface area contributed by atoms with Crippen LogP contribution < -0.4 is 0 Å². The summed E-state index contributed by atoms with van der Waals surface area (Å²) in [6, 6.07) is 0. The third-order valence-corrected chi connectivity index (χ3v) is 4.73. The van der Waals surface area contributed by atoms with E-state index in [0.29, 0.717) is 17.6 Å². The van der Waals surface area contributed by atoms with Gasteiger partial charge < -0.3 is 9.64 Å². The minimum Gasteiger partial charge on any atom is -0.373 e. The number of rotatable bonds is 5. The van der Waals surface area contributed by atoms with Crippen LogP contribution in [-0.2, 0) is 4.74 Å². The molecule has 16 heavy (non-hydrogen) atoms. The molecule has 2 heteroatoms. The molecule has 0 amide bonds. The van der Waals surface area contributed by atoms with E-state index in [1.54, 1.807) is 0 Å². The molecule has 2 saturated carbocycles. The summed E-state index contributed by atoms with van der Waals surface area (Å²) in [6.45, 7) is 6.06. The van der Waals surface area contributed by atoms with Crippen molar-refractivity contribution in [1.82, 2.24) is 4.90 Å². The summed E-state index contributed by atoms with van der Waals surface area (Å²) >= 11 is 0. The lowest BCUT2D eigenvalue weighted by molar-refractivity contribution is 0.00127. The fourth-order valence-corrected chi connectivity index (χ4v) is 3.12. The number of nitrogens with zero attached hydrogens (tertiary/aromatic N) is 1. The molecule has 92 valence electrons. The molecule has 0 radical (unpaired) electrons. The van der Waals surface area contributed by atoms with Crippen LogP contribution in [0.2, 0.25) is 0 Å². The van der Waals surface area contributed by atoms with Crippen molar-refractivity contribution in [2.45, 2.75) is 64.1 Å². The Morgan fingerprint density at radius 2 is 2.00 bits per heavy atom. The summed E-state index contributed by atoms with van der Waals surface area (Å²) in [5.41, 5.74) is 0.704. The van der Waals surface area contributed by atoms with Crippen molar-refractivity contribution in [3.8, 4) is 0 Å². The molecule has 1 spiro atoms. The van der Waals surface area contributed by atoms with Crippen LogP contribution in [0.1, 0.15) is 51.9 Å². The van der Waals surface area contributed by atoms with E-state index in [1.807, 2.05) is 0 Å². The third-order valence-electron chi connectivity index (χ3n) is 4.73. The van der Waals surface area contributed by atoms with Crippen molar-refractivity contribution in [1.29, 1.82) is 0 Å². The molecule has 0 N–H and O–H groups in total. The Morgan fingerprint density at radius 3 is 2.56 bits per heavy atom. The van der Waals surface area contributed by atoms with Gasteiger partial charge in [-0.3, -0.25) is 0 Å². The van der Waals surface area contributed by atoms with E-state index in [1.165, 1.54) is 64.6 Å². The number of hydrogen-bond donors (Lipinski definition) is 0. The second kappa shape index (κ2) is 4.30. The highest BCUT2D eigenvalue weighted by molar-refractivity contribution is 5.14. The van der Waals surface area contributed by atoms with Gasteiger partial charge in [-0.15, -0.1) is 0 Å². The topological polar surface area (TPSA) is 12.5 Å². The van der Waals surface area contributed by atoms with Crippen LogP contribution in [0.4, 0.5) is 0 Å². The SMILES string of the molecule is CCC(CN1CCCCC1)OC1CC12CC2. The molecule has 2 nitrogen and oxygen atoms in total. The molecular weight excluding hydrogens is 198 g/mol. The molecule has 1 saturated heterocycles. The smallest absolute Gasteiger partial charge is 0.0703 e. The molecule has 2 atom stereocenters. The zero-order valence-electron chi connectivity index (χ0n) is 10.6. The Kier molecular flexibility index (Phi) is 2.97. The van der Waals surface area contributed by atoms with Gasteiger partial charge in [0.05, 0.1) is 12.2 Å². The van der Waals surface area contributed by atoms with Gasteiger partial charge >= 0.3 is 0 Å². The number of likely N-dealkylation sites (tertiary alicyclic amines) is 1. The van der Waals surface area contributed by atoms with Crippen molar-refractivity contribution in [3.05, 3.63) is 0 Å². The Bertz CT molecular complexity index is 243. The van der Waals surface area contributed by atoms with Crippen molar-refractivity contribution in [2.24, 2.45) is 5.41 Å². The van der Waals surface area contributed by atoms with Crippen molar-refractivity contribution >= 4 is 0 Å². The lowest BCUT2D eigenvalue weighted by atomic mass is 10.1. The van der Waals surface area contributed by atoms with Gasteiger partial charge in [0.2, 0.25) is 0 Å². The molecule has 0 bridgehead atoms. The van der Waals surface area contributed by atoms with Gasteiger partial charge in [-0.2, -0.15) is 0 Å². The van der Waals surface area contributed by atoms with Gasteiger partial charge in [0, 0.05) is 6.54 Å². The van der Waals surface area contributed by atoms with Gasteiger partial charge in [-0.25, -0.2) is 0 Å². The van der Waals surface area contributed by atoms with E-state index in [0.717, 1.165) is 0 Å². The zero-order valence-corrected chi connectivity index (χ0v) is 10.6. The van der Waals surface area contributed by atoms with Crippen LogP contribution in [0.3, 0.4) is 0 Å². The molecule has 3 fully saturated rings. The van der Waals surface area contributed by atoms with Gasteiger partial charge in [-0.1, -0.05) is 13.3 Å². The van der Waals surface area contributed by atoms with Gasteiger partial charge in [0.15, 0.2) is 0 Å². The molecular formula is C14H25NO. The summed E-state index contributed by atoms with van der Waals surface area (Å²) in [4.78, 5) is 2.61. The maximum absolute atomic E-state index is 6.25. The quantitative estimate of drug-likeness (QED) is 0.710. The van der Waals surface area contributed by atoms with Crippen LogP contribution in [0.25, 0.3) is 0 Å². The average Bonchev–Trinajstić information content (AvgIpc) is 3.22. The van der Waals surface area contributed by atoms with Gasteiger partial charge in [0.1, 0.15) is 0 Å². The minimum absolute atomic E-state index is 0.503. The minimum atomic E-state index is 0.503. The van der Waals surface area contributed by atoms with Crippen molar-refractivity contribution < 1.29 is 4.74 Å². The molecule has 0 aromatic rings. The first-order valence-corrected chi connectivity index (χ1v) is 7.20. The molecule has 1 heterocycles. The molecule has 3 aliphatic rings. The van der Waals surface area contributed by atoms with Crippen molar-refractivity contribution in [3.63, 3.8) is 0 Å². The largest absolute Gasteiger partial charge is 0.373 e. The summed E-state index contributed by atoms with van der Waals surface area (Å²) in [7, 11) is 0. The maximum atomic E-state index is 6.25. The van der Waals surface area contributed by atoms with E-state index in [-0.39, 0.29) is 0 Å². The van der Waals surface area contributed by atoms with Gasteiger partial charge in [0.25, 0.3) is 0 Å².